The maximum atomic E-state index is 2.77. The predicted octanol–water partition coefficient (Wildman–Crippen LogP) is 2.91. The Morgan fingerprint density at radius 3 is 2.38 bits per heavy atom. The Labute approximate surface area is 98.6 Å². The van der Waals surface area contributed by atoms with Crippen molar-refractivity contribution < 1.29 is 0 Å². The SMILES string of the molecule is CC1CC2N1CC21CC(C)C2(C1)C1CCC12. The summed E-state index contributed by atoms with van der Waals surface area (Å²) in [6.45, 7) is 6.46. The molecule has 2 spiro atoms. The fraction of sp³-hybridized carbons (Fsp3) is 1.00. The summed E-state index contributed by atoms with van der Waals surface area (Å²) in [6.07, 6.45) is 7.88. The summed E-state index contributed by atoms with van der Waals surface area (Å²) in [6, 6.07) is 1.93. The van der Waals surface area contributed by atoms with Crippen LogP contribution in [0.15, 0.2) is 0 Å². The monoisotopic (exact) mass is 217 g/mol. The van der Waals surface area contributed by atoms with Gasteiger partial charge < -0.3 is 0 Å². The maximum absolute atomic E-state index is 2.77. The first-order valence-electron chi connectivity index (χ1n) is 7.43. The lowest BCUT2D eigenvalue weighted by Gasteiger charge is -2.67. The van der Waals surface area contributed by atoms with Crippen molar-refractivity contribution >= 4 is 0 Å². The Balaban J connectivity index is 1.45. The van der Waals surface area contributed by atoms with Crippen LogP contribution >= 0.6 is 0 Å². The summed E-state index contributed by atoms with van der Waals surface area (Å²) >= 11 is 0. The van der Waals surface area contributed by atoms with Crippen LogP contribution in [-0.2, 0) is 0 Å². The van der Waals surface area contributed by atoms with Crippen molar-refractivity contribution in [1.82, 2.24) is 4.90 Å². The molecule has 1 heteroatoms. The molecule has 3 saturated carbocycles. The number of hydrogen-bond acceptors (Lipinski definition) is 1. The molecule has 0 aromatic rings. The molecule has 6 unspecified atom stereocenters. The van der Waals surface area contributed by atoms with Gasteiger partial charge in [-0.25, -0.2) is 0 Å². The summed E-state index contributed by atoms with van der Waals surface area (Å²) in [5.41, 5.74) is 1.69. The van der Waals surface area contributed by atoms with Crippen molar-refractivity contribution in [2.24, 2.45) is 28.6 Å². The van der Waals surface area contributed by atoms with E-state index in [-0.39, 0.29) is 0 Å². The molecule has 0 aromatic heterocycles. The van der Waals surface area contributed by atoms with E-state index in [2.05, 4.69) is 18.7 Å². The molecule has 6 atom stereocenters. The van der Waals surface area contributed by atoms with Crippen LogP contribution in [0.25, 0.3) is 0 Å². The minimum Gasteiger partial charge on any atom is -0.296 e. The Morgan fingerprint density at radius 1 is 1.12 bits per heavy atom. The second-order valence-electron chi connectivity index (χ2n) is 7.82. The number of rotatable bonds is 0. The van der Waals surface area contributed by atoms with E-state index in [4.69, 9.17) is 0 Å². The first-order valence-corrected chi connectivity index (χ1v) is 7.43. The molecule has 0 N–H and O–H groups in total. The van der Waals surface area contributed by atoms with Crippen molar-refractivity contribution in [2.75, 3.05) is 6.54 Å². The normalized spacial score (nSPS) is 70.5. The van der Waals surface area contributed by atoms with Gasteiger partial charge in [-0.05, 0) is 67.6 Å². The van der Waals surface area contributed by atoms with Crippen molar-refractivity contribution in [3.63, 3.8) is 0 Å². The Morgan fingerprint density at radius 2 is 1.88 bits per heavy atom. The largest absolute Gasteiger partial charge is 0.296 e. The first-order chi connectivity index (χ1) is 7.67. The second kappa shape index (κ2) is 2.25. The van der Waals surface area contributed by atoms with E-state index in [1.807, 2.05) is 0 Å². The molecule has 0 aromatic carbocycles. The summed E-state index contributed by atoms with van der Waals surface area (Å²) in [5.74, 6) is 3.44. The summed E-state index contributed by atoms with van der Waals surface area (Å²) in [7, 11) is 0. The third-order valence-corrected chi connectivity index (χ3v) is 7.57. The minimum atomic E-state index is 0.809. The molecule has 16 heavy (non-hydrogen) atoms. The highest BCUT2D eigenvalue weighted by Crippen LogP contribution is 2.83. The van der Waals surface area contributed by atoms with Crippen LogP contribution in [0.3, 0.4) is 0 Å². The fourth-order valence-electron chi connectivity index (χ4n) is 6.68. The lowest BCUT2D eigenvalue weighted by Crippen LogP contribution is -2.74. The van der Waals surface area contributed by atoms with E-state index in [0.29, 0.717) is 0 Å². The lowest BCUT2D eigenvalue weighted by molar-refractivity contribution is -0.175. The van der Waals surface area contributed by atoms with Gasteiger partial charge in [-0.1, -0.05) is 6.92 Å². The molecule has 3 aliphatic carbocycles. The van der Waals surface area contributed by atoms with Gasteiger partial charge in [-0.3, -0.25) is 4.90 Å². The zero-order valence-corrected chi connectivity index (χ0v) is 10.6. The number of hydrogen-bond donors (Lipinski definition) is 0. The highest BCUT2D eigenvalue weighted by atomic mass is 15.3. The average molecular weight is 217 g/mol. The molecule has 0 bridgehead atoms. The van der Waals surface area contributed by atoms with Gasteiger partial charge in [0.1, 0.15) is 0 Å². The van der Waals surface area contributed by atoms with Gasteiger partial charge in [-0.2, -0.15) is 0 Å². The molecule has 0 amide bonds. The van der Waals surface area contributed by atoms with Crippen LogP contribution < -0.4 is 0 Å². The molecular weight excluding hydrogens is 194 g/mol. The molecule has 2 heterocycles. The highest BCUT2D eigenvalue weighted by molar-refractivity contribution is 5.28. The van der Waals surface area contributed by atoms with Crippen LogP contribution in [0.2, 0.25) is 0 Å². The summed E-state index contributed by atoms with van der Waals surface area (Å²) in [5, 5.41) is 0. The van der Waals surface area contributed by atoms with Crippen molar-refractivity contribution in [1.29, 1.82) is 0 Å². The number of piperidine rings is 1. The van der Waals surface area contributed by atoms with E-state index < -0.39 is 0 Å². The minimum absolute atomic E-state index is 0.809. The van der Waals surface area contributed by atoms with E-state index >= 15 is 0 Å². The van der Waals surface area contributed by atoms with Gasteiger partial charge >= 0.3 is 0 Å². The zero-order valence-electron chi connectivity index (χ0n) is 10.6. The zero-order chi connectivity index (χ0) is 10.7. The third kappa shape index (κ3) is 0.674. The van der Waals surface area contributed by atoms with Gasteiger partial charge in [0.05, 0.1) is 0 Å². The smallest absolute Gasteiger partial charge is 0.0182 e. The quantitative estimate of drug-likeness (QED) is 0.603. The highest BCUT2D eigenvalue weighted by Gasteiger charge is 2.78. The molecule has 1 nitrogen and oxygen atoms in total. The fourth-order valence-corrected chi connectivity index (χ4v) is 6.68. The number of nitrogens with zero attached hydrogens (tertiary/aromatic N) is 1. The first kappa shape index (κ1) is 8.97. The van der Waals surface area contributed by atoms with E-state index in [9.17, 15) is 0 Å². The second-order valence-corrected chi connectivity index (χ2v) is 7.82. The average Bonchev–Trinajstić information content (AvgIpc) is 2.48. The third-order valence-electron chi connectivity index (χ3n) is 7.57. The van der Waals surface area contributed by atoms with E-state index in [0.717, 1.165) is 28.8 Å². The van der Waals surface area contributed by atoms with Crippen LogP contribution in [0.4, 0.5) is 0 Å². The van der Waals surface area contributed by atoms with Crippen LogP contribution in [0, 0.1) is 28.6 Å². The van der Waals surface area contributed by atoms with Gasteiger partial charge in [0.2, 0.25) is 0 Å². The molecule has 5 aliphatic rings. The number of fused-ring (bicyclic) bond motifs is 5. The Kier molecular flexibility index (Phi) is 1.26. The van der Waals surface area contributed by atoms with E-state index in [1.54, 1.807) is 25.7 Å². The molecule has 5 fully saturated rings. The molecule has 0 radical (unpaired) electrons. The Bertz CT molecular complexity index is 366. The predicted molar refractivity (Wildman–Crippen MR) is 64.1 cm³/mol. The van der Waals surface area contributed by atoms with Crippen LogP contribution in [0.5, 0.6) is 0 Å². The topological polar surface area (TPSA) is 3.24 Å². The molecule has 2 aliphatic heterocycles. The van der Waals surface area contributed by atoms with Crippen LogP contribution in [0.1, 0.15) is 46.0 Å². The molecule has 5 rings (SSSR count). The van der Waals surface area contributed by atoms with Gasteiger partial charge in [0, 0.05) is 18.6 Å². The van der Waals surface area contributed by atoms with E-state index in [1.165, 1.54) is 24.8 Å². The van der Waals surface area contributed by atoms with Gasteiger partial charge in [0.15, 0.2) is 0 Å². The van der Waals surface area contributed by atoms with Crippen LogP contribution in [-0.4, -0.2) is 23.5 Å². The van der Waals surface area contributed by atoms with Gasteiger partial charge in [0.25, 0.3) is 0 Å². The molecule has 2 saturated heterocycles. The van der Waals surface area contributed by atoms with Gasteiger partial charge in [-0.15, -0.1) is 0 Å². The molecule has 88 valence electrons. The van der Waals surface area contributed by atoms with Crippen molar-refractivity contribution in [2.45, 2.75) is 58.0 Å². The molecular formula is C15H23N. The van der Waals surface area contributed by atoms with Crippen molar-refractivity contribution in [3.8, 4) is 0 Å². The van der Waals surface area contributed by atoms with Crippen molar-refractivity contribution in [3.05, 3.63) is 0 Å². The standard InChI is InChI=1S/C15H23N/c1-9-6-14(8-16-10(2)5-13(14)16)7-15(9)11-3-4-12(11)15/h9-13H,3-8H2,1-2H3. The summed E-state index contributed by atoms with van der Waals surface area (Å²) in [4.78, 5) is 2.77. The maximum Gasteiger partial charge on any atom is 0.0182 e. The summed E-state index contributed by atoms with van der Waals surface area (Å²) < 4.78 is 0. The lowest BCUT2D eigenvalue weighted by atomic mass is 9.61. The Hall–Kier alpha value is -0.0400.